The molecule has 3 aromatic heterocycles. The van der Waals surface area contributed by atoms with Gasteiger partial charge >= 0.3 is 0 Å². The van der Waals surface area contributed by atoms with E-state index in [1.165, 1.54) is 26.9 Å². The van der Waals surface area contributed by atoms with Gasteiger partial charge in [-0.3, -0.25) is 14.2 Å². The Kier molecular flexibility index (Phi) is 5.78. The molecule has 0 bridgehead atoms. The average molecular weight is 475 g/mol. The zero-order valence-electron chi connectivity index (χ0n) is 18.3. The van der Waals surface area contributed by atoms with Gasteiger partial charge in [-0.05, 0) is 49.2 Å². The third-order valence-electron chi connectivity index (χ3n) is 5.67. The molecule has 2 aromatic carbocycles. The molecule has 5 rings (SSSR count). The zero-order chi connectivity index (χ0) is 22.9. The minimum absolute atomic E-state index is 0.0890. The number of aromatic nitrogens is 3. The van der Waals surface area contributed by atoms with E-state index in [4.69, 9.17) is 0 Å². The van der Waals surface area contributed by atoms with Gasteiger partial charge < -0.3 is 5.32 Å². The van der Waals surface area contributed by atoms with Crippen LogP contribution in [0.3, 0.4) is 0 Å². The summed E-state index contributed by atoms with van der Waals surface area (Å²) in [5.74, 6) is -0.140. The number of nitrogens with one attached hydrogen (secondary N) is 1. The van der Waals surface area contributed by atoms with Gasteiger partial charge in [-0.25, -0.2) is 9.97 Å². The van der Waals surface area contributed by atoms with Crippen molar-refractivity contribution in [2.45, 2.75) is 33.2 Å². The van der Waals surface area contributed by atoms with Crippen molar-refractivity contribution in [2.24, 2.45) is 0 Å². The fourth-order valence-electron chi connectivity index (χ4n) is 3.75. The summed E-state index contributed by atoms with van der Waals surface area (Å²) >= 11 is 3.23. The summed E-state index contributed by atoms with van der Waals surface area (Å²) in [7, 11) is 0. The third kappa shape index (κ3) is 4.44. The number of thiazole rings is 1. The summed E-state index contributed by atoms with van der Waals surface area (Å²) < 4.78 is 2.71. The highest BCUT2D eigenvalue weighted by Gasteiger charge is 2.13. The molecule has 0 saturated heterocycles. The number of carbonyl (C=O) groups is 1. The molecule has 0 aliphatic rings. The predicted octanol–water partition coefficient (Wildman–Crippen LogP) is 5.30. The molecule has 0 aliphatic carbocycles. The number of nitrogens with zero attached hydrogens (tertiary/aromatic N) is 3. The Morgan fingerprint density at radius 2 is 1.85 bits per heavy atom. The van der Waals surface area contributed by atoms with Crippen LogP contribution in [0.1, 0.15) is 27.4 Å². The smallest absolute Gasteiger partial charge is 0.262 e. The molecule has 33 heavy (non-hydrogen) atoms. The van der Waals surface area contributed by atoms with Gasteiger partial charge in [-0.2, -0.15) is 0 Å². The number of carbonyl (C=O) groups excluding carboxylic acids is 1. The van der Waals surface area contributed by atoms with Crippen molar-refractivity contribution >= 4 is 54.7 Å². The molecule has 5 aromatic rings. The summed E-state index contributed by atoms with van der Waals surface area (Å²) in [6, 6.07) is 15.9. The summed E-state index contributed by atoms with van der Waals surface area (Å²) in [4.78, 5) is 36.1. The second-order valence-electron chi connectivity index (χ2n) is 7.95. The standard InChI is InChI=1S/C25H22N4O2S2/c1-15-16(2)32-24-23(15)25(31)29(14-26-24)12-11-21(30)27-18-9-7-17(8-10-18)13-22-28-19-5-3-4-6-20(19)33-22/h3-10,14H,11-13H2,1-2H3,(H,27,30). The van der Waals surface area contributed by atoms with Crippen LogP contribution in [0.2, 0.25) is 0 Å². The molecule has 8 heteroatoms. The molecule has 0 fully saturated rings. The Bertz CT molecular complexity index is 1500. The molecule has 0 unspecified atom stereocenters. The number of anilines is 1. The Hall–Kier alpha value is -3.36. The Labute approximate surface area is 198 Å². The molecule has 6 nitrogen and oxygen atoms in total. The Morgan fingerprint density at radius 1 is 1.06 bits per heavy atom. The first kappa shape index (κ1) is 21.5. The highest BCUT2D eigenvalue weighted by molar-refractivity contribution is 7.19. The summed E-state index contributed by atoms with van der Waals surface area (Å²) in [5, 5.41) is 4.64. The van der Waals surface area contributed by atoms with Crippen LogP contribution in [0.5, 0.6) is 0 Å². The predicted molar refractivity (Wildman–Crippen MR) is 135 cm³/mol. The van der Waals surface area contributed by atoms with Crippen LogP contribution < -0.4 is 10.9 Å². The van der Waals surface area contributed by atoms with Crippen LogP contribution in [-0.2, 0) is 17.8 Å². The Morgan fingerprint density at radius 3 is 2.64 bits per heavy atom. The van der Waals surface area contributed by atoms with E-state index in [0.717, 1.165) is 43.5 Å². The second kappa shape index (κ2) is 8.88. The van der Waals surface area contributed by atoms with E-state index >= 15 is 0 Å². The minimum Gasteiger partial charge on any atom is -0.326 e. The van der Waals surface area contributed by atoms with Gasteiger partial charge in [0.25, 0.3) is 5.56 Å². The van der Waals surface area contributed by atoms with E-state index in [-0.39, 0.29) is 24.4 Å². The number of hydrogen-bond donors (Lipinski definition) is 1. The maximum absolute atomic E-state index is 12.8. The fourth-order valence-corrected chi connectivity index (χ4v) is 5.74. The van der Waals surface area contributed by atoms with Crippen molar-refractivity contribution in [3.63, 3.8) is 0 Å². The number of benzene rings is 2. The quantitative estimate of drug-likeness (QED) is 0.362. The van der Waals surface area contributed by atoms with Crippen LogP contribution in [0.25, 0.3) is 20.4 Å². The summed E-state index contributed by atoms with van der Waals surface area (Å²) in [5.41, 5.74) is 3.78. The van der Waals surface area contributed by atoms with Crippen molar-refractivity contribution in [1.29, 1.82) is 0 Å². The molecule has 0 aliphatic heterocycles. The summed E-state index contributed by atoms with van der Waals surface area (Å²) in [6.45, 7) is 4.22. The maximum Gasteiger partial charge on any atom is 0.262 e. The van der Waals surface area contributed by atoms with Crippen LogP contribution in [0.4, 0.5) is 5.69 Å². The fraction of sp³-hybridized carbons (Fsp3) is 0.200. The second-order valence-corrected chi connectivity index (χ2v) is 10.3. The minimum atomic E-state index is -0.140. The molecule has 3 heterocycles. The highest BCUT2D eigenvalue weighted by Crippen LogP contribution is 2.26. The van der Waals surface area contributed by atoms with Gasteiger partial charge in [-0.15, -0.1) is 22.7 Å². The number of thiophene rings is 1. The lowest BCUT2D eigenvalue weighted by Gasteiger charge is -2.08. The average Bonchev–Trinajstić information content (AvgIpc) is 3.34. The molecule has 0 atom stereocenters. The first-order valence-electron chi connectivity index (χ1n) is 10.7. The monoisotopic (exact) mass is 474 g/mol. The van der Waals surface area contributed by atoms with Crippen LogP contribution in [0, 0.1) is 13.8 Å². The lowest BCUT2D eigenvalue weighted by molar-refractivity contribution is -0.116. The molecule has 1 N–H and O–H groups in total. The SMILES string of the molecule is Cc1sc2ncn(CCC(=O)Nc3ccc(Cc4nc5ccccc5s4)cc3)c(=O)c2c1C. The highest BCUT2D eigenvalue weighted by atomic mass is 32.1. The van der Waals surface area contributed by atoms with Crippen molar-refractivity contribution in [2.75, 3.05) is 5.32 Å². The number of amides is 1. The summed E-state index contributed by atoms with van der Waals surface area (Å²) in [6.07, 6.45) is 2.49. The van der Waals surface area contributed by atoms with Crippen LogP contribution in [0.15, 0.2) is 59.7 Å². The van der Waals surface area contributed by atoms with E-state index in [1.54, 1.807) is 11.3 Å². The number of hydrogen-bond acceptors (Lipinski definition) is 6. The van der Waals surface area contributed by atoms with Crippen LogP contribution >= 0.6 is 22.7 Å². The normalized spacial score (nSPS) is 11.3. The van der Waals surface area contributed by atoms with E-state index in [9.17, 15) is 9.59 Å². The van der Waals surface area contributed by atoms with E-state index in [2.05, 4.69) is 21.4 Å². The molecule has 1 amide bonds. The lowest BCUT2D eigenvalue weighted by atomic mass is 10.1. The first-order chi connectivity index (χ1) is 16.0. The van der Waals surface area contributed by atoms with E-state index in [1.807, 2.05) is 56.3 Å². The van der Waals surface area contributed by atoms with Gasteiger partial charge in [0.2, 0.25) is 5.91 Å². The zero-order valence-corrected chi connectivity index (χ0v) is 19.9. The number of para-hydroxylation sites is 1. The van der Waals surface area contributed by atoms with E-state index < -0.39 is 0 Å². The number of aryl methyl sites for hydroxylation is 3. The number of fused-ring (bicyclic) bond motifs is 2. The Balaban J connectivity index is 1.20. The third-order valence-corrected chi connectivity index (χ3v) is 7.82. The van der Waals surface area contributed by atoms with Crippen molar-refractivity contribution in [3.8, 4) is 0 Å². The topological polar surface area (TPSA) is 76.9 Å². The largest absolute Gasteiger partial charge is 0.326 e. The van der Waals surface area contributed by atoms with Gasteiger partial charge in [0.15, 0.2) is 0 Å². The van der Waals surface area contributed by atoms with Gasteiger partial charge in [0.1, 0.15) is 4.83 Å². The lowest BCUT2D eigenvalue weighted by Crippen LogP contribution is -2.23. The van der Waals surface area contributed by atoms with E-state index in [0.29, 0.717) is 5.39 Å². The maximum atomic E-state index is 12.8. The first-order valence-corrected chi connectivity index (χ1v) is 12.3. The van der Waals surface area contributed by atoms with Gasteiger partial charge in [-0.1, -0.05) is 24.3 Å². The van der Waals surface area contributed by atoms with Gasteiger partial charge in [0.05, 0.1) is 26.9 Å². The molecule has 166 valence electrons. The van der Waals surface area contributed by atoms with Crippen molar-refractivity contribution < 1.29 is 4.79 Å². The van der Waals surface area contributed by atoms with Crippen LogP contribution in [-0.4, -0.2) is 20.4 Å². The van der Waals surface area contributed by atoms with Crippen molar-refractivity contribution in [3.05, 3.63) is 86.2 Å². The molecular formula is C25H22N4O2S2. The molecule has 0 saturated carbocycles. The molecular weight excluding hydrogens is 452 g/mol. The molecule has 0 radical (unpaired) electrons. The number of rotatable bonds is 6. The molecule has 0 spiro atoms. The van der Waals surface area contributed by atoms with Crippen molar-refractivity contribution in [1.82, 2.24) is 14.5 Å². The van der Waals surface area contributed by atoms with Gasteiger partial charge in [0, 0.05) is 30.0 Å².